The first-order valence-electron chi connectivity index (χ1n) is 7.83. The van der Waals surface area contributed by atoms with Crippen molar-refractivity contribution in [3.63, 3.8) is 0 Å². The van der Waals surface area contributed by atoms with E-state index in [1.165, 1.54) is 11.1 Å². The van der Waals surface area contributed by atoms with E-state index in [1.807, 2.05) is 18.2 Å². The van der Waals surface area contributed by atoms with Crippen LogP contribution in [0.4, 0.5) is 0 Å². The minimum absolute atomic E-state index is 0.324. The molecular formula is C18H17N. The second kappa shape index (κ2) is 4.51. The number of hydrogen-bond donors (Lipinski definition) is 0. The number of benzene rings is 2. The third-order valence-electron chi connectivity index (χ3n) is 3.21. The molecule has 0 saturated carbocycles. The molecule has 0 aliphatic rings. The highest BCUT2D eigenvalue weighted by Gasteiger charge is 2.03. The summed E-state index contributed by atoms with van der Waals surface area (Å²) < 4.78 is 22.6. The fourth-order valence-corrected chi connectivity index (χ4v) is 2.40. The Morgan fingerprint density at radius 2 is 1.58 bits per heavy atom. The Morgan fingerprint density at radius 3 is 2.32 bits per heavy atom. The Balaban J connectivity index is 2.15. The summed E-state index contributed by atoms with van der Waals surface area (Å²) in [7, 11) is 0. The van der Waals surface area contributed by atoms with Gasteiger partial charge in [-0.1, -0.05) is 35.4 Å². The van der Waals surface area contributed by atoms with E-state index in [1.54, 1.807) is 12.1 Å². The molecule has 0 N–H and O–H groups in total. The van der Waals surface area contributed by atoms with E-state index in [2.05, 4.69) is 37.0 Å². The van der Waals surface area contributed by atoms with Crippen molar-refractivity contribution in [1.82, 2.24) is 4.98 Å². The average Bonchev–Trinajstić information content (AvgIpc) is 2.44. The number of hydrogen-bond acceptors (Lipinski definition) is 1. The summed E-state index contributed by atoms with van der Waals surface area (Å²) in [6, 6.07) is 15.4. The van der Waals surface area contributed by atoms with Gasteiger partial charge in [-0.2, -0.15) is 0 Å². The van der Waals surface area contributed by atoms with E-state index in [4.69, 9.17) is 4.11 Å². The quantitative estimate of drug-likeness (QED) is 0.603. The number of aryl methyl sites for hydroxylation is 3. The Hall–Kier alpha value is -2.15. The van der Waals surface area contributed by atoms with Crippen LogP contribution < -0.4 is 0 Å². The maximum atomic E-state index is 7.53. The van der Waals surface area contributed by atoms with E-state index in [0.717, 1.165) is 16.6 Å². The molecule has 19 heavy (non-hydrogen) atoms. The van der Waals surface area contributed by atoms with E-state index in [0.29, 0.717) is 11.1 Å². The second-order valence-electron chi connectivity index (χ2n) is 4.98. The monoisotopic (exact) mass is 250 g/mol. The van der Waals surface area contributed by atoms with Crippen LogP contribution in [0.3, 0.4) is 0 Å². The van der Waals surface area contributed by atoms with Gasteiger partial charge in [0.2, 0.25) is 0 Å². The molecule has 0 amide bonds. The molecule has 0 aliphatic heterocycles. The SMILES string of the molecule is [2H]C([2H])([2H])c1ccc2ccc(-c3cc(C)cc(C)c3)nc2c1. The highest BCUT2D eigenvalue weighted by molar-refractivity contribution is 5.82. The molecule has 1 heterocycles. The van der Waals surface area contributed by atoms with Crippen LogP contribution in [0.2, 0.25) is 0 Å². The lowest BCUT2D eigenvalue weighted by Gasteiger charge is -2.06. The number of rotatable bonds is 1. The smallest absolute Gasteiger partial charge is 0.0712 e. The van der Waals surface area contributed by atoms with Crippen molar-refractivity contribution in [3.05, 3.63) is 65.2 Å². The van der Waals surface area contributed by atoms with Gasteiger partial charge in [0.05, 0.1) is 11.2 Å². The second-order valence-corrected chi connectivity index (χ2v) is 4.98. The molecular weight excluding hydrogens is 230 g/mol. The molecule has 1 nitrogen and oxygen atoms in total. The molecule has 0 radical (unpaired) electrons. The average molecular weight is 250 g/mol. The first-order chi connectivity index (χ1) is 10.3. The maximum absolute atomic E-state index is 7.53. The van der Waals surface area contributed by atoms with Crippen molar-refractivity contribution in [2.45, 2.75) is 20.7 Å². The van der Waals surface area contributed by atoms with Gasteiger partial charge in [0.25, 0.3) is 0 Å². The van der Waals surface area contributed by atoms with Crippen molar-refractivity contribution in [2.24, 2.45) is 0 Å². The van der Waals surface area contributed by atoms with Gasteiger partial charge in [0.1, 0.15) is 0 Å². The normalized spacial score (nSPS) is 13.9. The first-order valence-corrected chi connectivity index (χ1v) is 6.33. The summed E-state index contributed by atoms with van der Waals surface area (Å²) >= 11 is 0. The van der Waals surface area contributed by atoms with E-state index in [9.17, 15) is 0 Å². The fraction of sp³-hybridized carbons (Fsp3) is 0.167. The van der Waals surface area contributed by atoms with Crippen molar-refractivity contribution in [1.29, 1.82) is 0 Å². The summed E-state index contributed by atoms with van der Waals surface area (Å²) in [5.41, 5.74) is 5.33. The molecule has 3 aromatic rings. The van der Waals surface area contributed by atoms with Crippen LogP contribution in [0.25, 0.3) is 22.2 Å². The molecule has 1 heteroatoms. The maximum Gasteiger partial charge on any atom is 0.0712 e. The van der Waals surface area contributed by atoms with Gasteiger partial charge in [0, 0.05) is 15.1 Å². The zero-order chi connectivity index (χ0) is 15.9. The van der Waals surface area contributed by atoms with Gasteiger partial charge >= 0.3 is 0 Å². The van der Waals surface area contributed by atoms with Crippen LogP contribution >= 0.6 is 0 Å². The van der Waals surface area contributed by atoms with Gasteiger partial charge < -0.3 is 0 Å². The molecule has 0 bridgehead atoms. The van der Waals surface area contributed by atoms with Crippen molar-refractivity contribution >= 4 is 10.9 Å². The topological polar surface area (TPSA) is 12.9 Å². The van der Waals surface area contributed by atoms with E-state index < -0.39 is 6.85 Å². The van der Waals surface area contributed by atoms with Crippen molar-refractivity contribution in [3.8, 4) is 11.3 Å². The summed E-state index contributed by atoms with van der Waals surface area (Å²) in [5.74, 6) is 0. The highest BCUT2D eigenvalue weighted by atomic mass is 14.7. The number of fused-ring (bicyclic) bond motifs is 1. The predicted octanol–water partition coefficient (Wildman–Crippen LogP) is 4.83. The minimum atomic E-state index is -2.11. The lowest BCUT2D eigenvalue weighted by Crippen LogP contribution is -1.88. The van der Waals surface area contributed by atoms with Gasteiger partial charge in [-0.15, -0.1) is 0 Å². The third-order valence-corrected chi connectivity index (χ3v) is 3.21. The predicted molar refractivity (Wildman–Crippen MR) is 81.4 cm³/mol. The molecule has 94 valence electrons. The molecule has 3 rings (SSSR count). The van der Waals surface area contributed by atoms with Crippen LogP contribution in [0.1, 0.15) is 20.8 Å². The molecule has 0 unspecified atom stereocenters. The standard InChI is InChI=1S/C18H17N/c1-12-4-5-15-6-7-17(19-18(15)11-12)16-9-13(2)8-14(3)10-16/h4-11H,1-3H3/i1D3. The Labute approximate surface area is 118 Å². The number of aromatic nitrogens is 1. The Bertz CT molecular complexity index is 830. The summed E-state index contributed by atoms with van der Waals surface area (Å²) in [5, 5.41) is 0.945. The Morgan fingerprint density at radius 1 is 0.842 bits per heavy atom. The van der Waals surface area contributed by atoms with Gasteiger partial charge in [-0.3, -0.25) is 0 Å². The highest BCUT2D eigenvalue weighted by Crippen LogP contribution is 2.23. The van der Waals surface area contributed by atoms with Crippen molar-refractivity contribution in [2.75, 3.05) is 0 Å². The van der Waals surface area contributed by atoms with Crippen LogP contribution in [0.5, 0.6) is 0 Å². The molecule has 0 saturated heterocycles. The lowest BCUT2D eigenvalue weighted by atomic mass is 10.0. The zero-order valence-corrected chi connectivity index (χ0v) is 11.1. The minimum Gasteiger partial charge on any atom is -0.248 e. The number of nitrogens with zero attached hydrogens (tertiary/aromatic N) is 1. The summed E-state index contributed by atoms with van der Waals surface area (Å²) in [4.78, 5) is 4.65. The molecule has 0 aliphatic carbocycles. The first kappa shape index (κ1) is 8.87. The summed E-state index contributed by atoms with van der Waals surface area (Å²) in [6.45, 7) is 2.01. The van der Waals surface area contributed by atoms with Crippen LogP contribution in [-0.4, -0.2) is 4.98 Å². The van der Waals surface area contributed by atoms with Gasteiger partial charge in [-0.25, -0.2) is 4.98 Å². The van der Waals surface area contributed by atoms with Crippen LogP contribution in [-0.2, 0) is 0 Å². The van der Waals surface area contributed by atoms with Crippen LogP contribution in [0, 0.1) is 20.7 Å². The molecule has 0 fully saturated rings. The molecule has 1 aromatic heterocycles. The van der Waals surface area contributed by atoms with Gasteiger partial charge in [-0.05, 0) is 50.5 Å². The molecule has 0 atom stereocenters. The molecule has 0 spiro atoms. The zero-order valence-electron chi connectivity index (χ0n) is 14.1. The van der Waals surface area contributed by atoms with E-state index >= 15 is 0 Å². The molecule has 2 aromatic carbocycles. The fourth-order valence-electron chi connectivity index (χ4n) is 2.40. The number of pyridine rings is 1. The van der Waals surface area contributed by atoms with Crippen LogP contribution in [0.15, 0.2) is 48.5 Å². The summed E-state index contributed by atoms with van der Waals surface area (Å²) in [6.07, 6.45) is 0. The lowest BCUT2D eigenvalue weighted by molar-refractivity contribution is 1.34. The largest absolute Gasteiger partial charge is 0.248 e. The Kier molecular flexibility index (Phi) is 2.10. The van der Waals surface area contributed by atoms with E-state index in [-0.39, 0.29) is 0 Å². The third kappa shape index (κ3) is 2.37. The van der Waals surface area contributed by atoms with Gasteiger partial charge in [0.15, 0.2) is 0 Å². The van der Waals surface area contributed by atoms with Crippen molar-refractivity contribution < 1.29 is 4.11 Å².